The van der Waals surface area contributed by atoms with E-state index in [2.05, 4.69) is 5.32 Å². The van der Waals surface area contributed by atoms with Gasteiger partial charge in [0.15, 0.2) is 5.76 Å². The van der Waals surface area contributed by atoms with E-state index in [0.29, 0.717) is 18.1 Å². The van der Waals surface area contributed by atoms with Gasteiger partial charge in [-0.2, -0.15) is 0 Å². The molecule has 0 saturated carbocycles. The minimum Gasteiger partial charge on any atom is -0.455 e. The number of benzene rings is 1. The Morgan fingerprint density at radius 3 is 2.61 bits per heavy atom. The molecule has 1 atom stereocenters. The van der Waals surface area contributed by atoms with Gasteiger partial charge in [0.2, 0.25) is 0 Å². The molecule has 3 N–H and O–H groups in total. The molecule has 0 radical (unpaired) electrons. The second kappa shape index (κ2) is 5.51. The molecule has 0 aliphatic rings. The van der Waals surface area contributed by atoms with E-state index in [0.717, 1.165) is 5.56 Å². The van der Waals surface area contributed by atoms with Crippen molar-refractivity contribution < 1.29 is 9.21 Å². The summed E-state index contributed by atoms with van der Waals surface area (Å²) in [6.07, 6.45) is 0. The van der Waals surface area contributed by atoms with Gasteiger partial charge in [0, 0.05) is 0 Å². The number of carbonyl (C=O) groups excluding carboxylic acids is 1. The molecular weight excluding hydrogens is 228 g/mol. The lowest BCUT2D eigenvalue weighted by Gasteiger charge is -2.12. The Morgan fingerprint density at radius 2 is 2.00 bits per heavy atom. The molecule has 94 valence electrons. The maximum Gasteiger partial charge on any atom is 0.287 e. The third kappa shape index (κ3) is 2.78. The Kier molecular flexibility index (Phi) is 3.79. The van der Waals surface area contributed by atoms with Crippen molar-refractivity contribution in [3.05, 3.63) is 59.5 Å². The lowest BCUT2D eigenvalue weighted by Crippen LogP contribution is -2.26. The molecule has 1 amide bonds. The van der Waals surface area contributed by atoms with Gasteiger partial charge in [-0.3, -0.25) is 4.79 Å². The Morgan fingerprint density at radius 1 is 1.28 bits per heavy atom. The van der Waals surface area contributed by atoms with Crippen molar-refractivity contribution in [3.8, 4) is 0 Å². The summed E-state index contributed by atoms with van der Waals surface area (Å²) in [6.45, 7) is 2.22. The summed E-state index contributed by atoms with van der Waals surface area (Å²) in [5, 5.41) is 2.88. The zero-order chi connectivity index (χ0) is 13.0. The average Bonchev–Trinajstić information content (AvgIpc) is 2.88. The fourth-order valence-electron chi connectivity index (χ4n) is 1.70. The molecule has 2 rings (SSSR count). The Balaban J connectivity index is 2.03. The van der Waals surface area contributed by atoms with Gasteiger partial charge in [0.1, 0.15) is 5.76 Å². The van der Waals surface area contributed by atoms with Crippen LogP contribution in [-0.2, 0) is 6.54 Å². The molecule has 0 saturated heterocycles. The maximum absolute atomic E-state index is 11.9. The van der Waals surface area contributed by atoms with E-state index in [-0.39, 0.29) is 11.9 Å². The van der Waals surface area contributed by atoms with E-state index in [1.54, 1.807) is 12.1 Å². The Bertz CT molecular complexity index is 520. The predicted octanol–water partition coefficient (Wildman–Crippen LogP) is 2.23. The van der Waals surface area contributed by atoms with Crippen molar-refractivity contribution in [3.63, 3.8) is 0 Å². The maximum atomic E-state index is 11.9. The lowest BCUT2D eigenvalue weighted by molar-refractivity contribution is 0.0910. The summed E-state index contributed by atoms with van der Waals surface area (Å²) in [7, 11) is 0. The second-order valence-corrected chi connectivity index (χ2v) is 4.08. The smallest absolute Gasteiger partial charge is 0.287 e. The minimum absolute atomic E-state index is 0.0647. The van der Waals surface area contributed by atoms with Gasteiger partial charge in [0.25, 0.3) is 5.91 Å². The normalized spacial score (nSPS) is 12.1. The van der Waals surface area contributed by atoms with Crippen LogP contribution in [0.15, 0.2) is 46.9 Å². The first kappa shape index (κ1) is 12.4. The quantitative estimate of drug-likeness (QED) is 0.866. The topological polar surface area (TPSA) is 68.3 Å². The van der Waals surface area contributed by atoms with Crippen LogP contribution < -0.4 is 11.1 Å². The van der Waals surface area contributed by atoms with Crippen LogP contribution >= 0.6 is 0 Å². The highest BCUT2D eigenvalue weighted by atomic mass is 16.4. The summed E-state index contributed by atoms with van der Waals surface area (Å²) in [6, 6.07) is 13.0. The van der Waals surface area contributed by atoms with Crippen LogP contribution in [0, 0.1) is 0 Å². The highest BCUT2D eigenvalue weighted by Gasteiger charge is 2.14. The predicted molar refractivity (Wildman–Crippen MR) is 68.9 cm³/mol. The monoisotopic (exact) mass is 244 g/mol. The van der Waals surface area contributed by atoms with E-state index < -0.39 is 0 Å². The van der Waals surface area contributed by atoms with Crippen molar-refractivity contribution in [1.29, 1.82) is 0 Å². The number of carbonyl (C=O) groups is 1. The number of hydrogen-bond donors (Lipinski definition) is 2. The van der Waals surface area contributed by atoms with Crippen LogP contribution in [0.1, 0.15) is 34.8 Å². The molecule has 4 nitrogen and oxygen atoms in total. The molecule has 1 unspecified atom stereocenters. The van der Waals surface area contributed by atoms with Crippen molar-refractivity contribution in [2.75, 3.05) is 0 Å². The molecule has 0 spiro atoms. The molecular formula is C14H16N2O2. The van der Waals surface area contributed by atoms with Crippen LogP contribution in [-0.4, -0.2) is 5.91 Å². The fourth-order valence-corrected chi connectivity index (χ4v) is 1.70. The molecule has 2 aromatic rings. The SMILES string of the molecule is CC(NC(=O)c1ccc(CN)o1)c1ccccc1. The largest absolute Gasteiger partial charge is 0.455 e. The van der Waals surface area contributed by atoms with Gasteiger partial charge in [-0.25, -0.2) is 0 Å². The summed E-state index contributed by atoms with van der Waals surface area (Å²) < 4.78 is 5.29. The van der Waals surface area contributed by atoms with Crippen molar-refractivity contribution in [2.45, 2.75) is 19.5 Å². The van der Waals surface area contributed by atoms with Gasteiger partial charge in [-0.1, -0.05) is 30.3 Å². The zero-order valence-electron chi connectivity index (χ0n) is 10.2. The van der Waals surface area contributed by atoms with E-state index in [4.69, 9.17) is 10.2 Å². The number of furan rings is 1. The molecule has 1 aromatic heterocycles. The van der Waals surface area contributed by atoms with Gasteiger partial charge >= 0.3 is 0 Å². The van der Waals surface area contributed by atoms with E-state index in [1.165, 1.54) is 0 Å². The standard InChI is InChI=1S/C14H16N2O2/c1-10(11-5-3-2-4-6-11)16-14(17)13-8-7-12(9-15)18-13/h2-8,10H,9,15H2,1H3,(H,16,17). The number of nitrogens with one attached hydrogen (secondary N) is 1. The molecule has 0 aliphatic carbocycles. The van der Waals surface area contributed by atoms with Crippen molar-refractivity contribution >= 4 is 5.91 Å². The van der Waals surface area contributed by atoms with Crippen LogP contribution in [0.5, 0.6) is 0 Å². The molecule has 0 bridgehead atoms. The van der Waals surface area contributed by atoms with Crippen molar-refractivity contribution in [1.82, 2.24) is 5.32 Å². The average molecular weight is 244 g/mol. The van der Waals surface area contributed by atoms with E-state index in [9.17, 15) is 4.79 Å². The van der Waals surface area contributed by atoms with Gasteiger partial charge in [0.05, 0.1) is 12.6 Å². The van der Waals surface area contributed by atoms with Gasteiger partial charge in [-0.05, 0) is 24.6 Å². The molecule has 4 heteroatoms. The Hall–Kier alpha value is -2.07. The molecule has 0 fully saturated rings. The summed E-state index contributed by atoms with van der Waals surface area (Å²) in [4.78, 5) is 11.9. The first-order valence-corrected chi connectivity index (χ1v) is 5.85. The molecule has 1 heterocycles. The Labute approximate surface area is 106 Å². The lowest BCUT2D eigenvalue weighted by atomic mass is 10.1. The minimum atomic E-state index is -0.231. The summed E-state index contributed by atoms with van der Waals surface area (Å²) >= 11 is 0. The van der Waals surface area contributed by atoms with Crippen LogP contribution in [0.4, 0.5) is 0 Å². The third-order valence-electron chi connectivity index (χ3n) is 2.73. The van der Waals surface area contributed by atoms with Gasteiger partial charge < -0.3 is 15.5 Å². The summed E-state index contributed by atoms with van der Waals surface area (Å²) in [5.74, 6) is 0.664. The highest BCUT2D eigenvalue weighted by molar-refractivity contribution is 5.91. The number of amides is 1. The third-order valence-corrected chi connectivity index (χ3v) is 2.73. The number of rotatable bonds is 4. The zero-order valence-corrected chi connectivity index (χ0v) is 10.2. The van der Waals surface area contributed by atoms with Crippen molar-refractivity contribution in [2.24, 2.45) is 5.73 Å². The van der Waals surface area contributed by atoms with Gasteiger partial charge in [-0.15, -0.1) is 0 Å². The van der Waals surface area contributed by atoms with Crippen LogP contribution in [0.2, 0.25) is 0 Å². The van der Waals surface area contributed by atoms with Crippen LogP contribution in [0.25, 0.3) is 0 Å². The number of nitrogens with two attached hydrogens (primary N) is 1. The number of hydrogen-bond acceptors (Lipinski definition) is 3. The highest BCUT2D eigenvalue weighted by Crippen LogP contribution is 2.13. The second-order valence-electron chi connectivity index (χ2n) is 4.08. The molecule has 0 aliphatic heterocycles. The molecule has 1 aromatic carbocycles. The van der Waals surface area contributed by atoms with Crippen LogP contribution in [0.3, 0.4) is 0 Å². The first-order chi connectivity index (χ1) is 8.70. The van der Waals surface area contributed by atoms with E-state index in [1.807, 2.05) is 37.3 Å². The summed E-state index contributed by atoms with van der Waals surface area (Å²) in [5.41, 5.74) is 6.48. The van der Waals surface area contributed by atoms with E-state index >= 15 is 0 Å². The molecule has 18 heavy (non-hydrogen) atoms. The fraction of sp³-hybridized carbons (Fsp3) is 0.214. The first-order valence-electron chi connectivity index (χ1n) is 5.85.